The number of nitrogens with one attached hydrogen (secondary N) is 1. The van der Waals surface area contributed by atoms with Crippen molar-refractivity contribution in [2.45, 2.75) is 45.2 Å². The van der Waals surface area contributed by atoms with Gasteiger partial charge in [-0.15, -0.1) is 0 Å². The van der Waals surface area contributed by atoms with Crippen molar-refractivity contribution < 1.29 is 4.79 Å². The van der Waals surface area contributed by atoms with E-state index in [1.807, 2.05) is 38.1 Å². The Bertz CT molecular complexity index is 418. The molecule has 3 N–H and O–H groups in total. The van der Waals surface area contributed by atoms with E-state index in [1.165, 1.54) is 0 Å². The number of hydrogen-bond donors (Lipinski definition) is 2. The van der Waals surface area contributed by atoms with Gasteiger partial charge in [-0.25, -0.2) is 0 Å². The van der Waals surface area contributed by atoms with Crippen LogP contribution in [0.2, 0.25) is 0 Å². The SMILES string of the molecule is CCCC(C)(N)C(=O)N[C@@H](C)c1ccccc1Br. The molecule has 18 heavy (non-hydrogen) atoms. The van der Waals surface area contributed by atoms with E-state index in [2.05, 4.69) is 21.2 Å². The lowest BCUT2D eigenvalue weighted by atomic mass is 9.95. The van der Waals surface area contributed by atoms with Gasteiger partial charge in [-0.05, 0) is 31.9 Å². The Morgan fingerprint density at radius 2 is 2.11 bits per heavy atom. The van der Waals surface area contributed by atoms with Crippen molar-refractivity contribution in [3.63, 3.8) is 0 Å². The third-order valence-electron chi connectivity index (χ3n) is 3.01. The van der Waals surface area contributed by atoms with Crippen LogP contribution in [0.15, 0.2) is 28.7 Å². The Labute approximate surface area is 117 Å². The molecule has 2 atom stereocenters. The Balaban J connectivity index is 2.74. The van der Waals surface area contributed by atoms with E-state index in [9.17, 15) is 4.79 Å². The first-order valence-electron chi connectivity index (χ1n) is 6.22. The zero-order chi connectivity index (χ0) is 13.8. The first kappa shape index (κ1) is 15.2. The first-order valence-corrected chi connectivity index (χ1v) is 7.02. The van der Waals surface area contributed by atoms with Crippen molar-refractivity contribution >= 4 is 21.8 Å². The molecule has 0 saturated carbocycles. The molecular weight excluding hydrogens is 292 g/mol. The van der Waals surface area contributed by atoms with Crippen LogP contribution in [0.5, 0.6) is 0 Å². The van der Waals surface area contributed by atoms with Crippen LogP contribution < -0.4 is 11.1 Å². The van der Waals surface area contributed by atoms with Crippen LogP contribution in [0, 0.1) is 0 Å². The Hall–Kier alpha value is -0.870. The summed E-state index contributed by atoms with van der Waals surface area (Å²) in [6.07, 6.45) is 1.57. The maximum atomic E-state index is 12.1. The number of carbonyl (C=O) groups excluding carboxylic acids is 1. The molecular formula is C14H21BrN2O. The molecule has 1 aromatic carbocycles. The van der Waals surface area contributed by atoms with Gasteiger partial charge in [-0.1, -0.05) is 47.5 Å². The molecule has 0 fully saturated rings. The highest BCUT2D eigenvalue weighted by atomic mass is 79.9. The highest BCUT2D eigenvalue weighted by Gasteiger charge is 2.28. The topological polar surface area (TPSA) is 55.1 Å². The van der Waals surface area contributed by atoms with Crippen LogP contribution >= 0.6 is 15.9 Å². The largest absolute Gasteiger partial charge is 0.348 e. The van der Waals surface area contributed by atoms with Gasteiger partial charge < -0.3 is 11.1 Å². The first-order chi connectivity index (χ1) is 8.38. The molecule has 0 aromatic heterocycles. The monoisotopic (exact) mass is 312 g/mol. The predicted molar refractivity (Wildman–Crippen MR) is 78.2 cm³/mol. The van der Waals surface area contributed by atoms with E-state index in [0.29, 0.717) is 6.42 Å². The van der Waals surface area contributed by atoms with Crippen LogP contribution in [0.3, 0.4) is 0 Å². The maximum Gasteiger partial charge on any atom is 0.240 e. The lowest BCUT2D eigenvalue weighted by Crippen LogP contribution is -2.52. The molecule has 0 spiro atoms. The second-order valence-corrected chi connectivity index (χ2v) is 5.74. The minimum Gasteiger partial charge on any atom is -0.348 e. The molecule has 0 aliphatic carbocycles. The normalized spacial score (nSPS) is 15.8. The fourth-order valence-electron chi connectivity index (χ4n) is 1.90. The lowest BCUT2D eigenvalue weighted by molar-refractivity contribution is -0.126. The molecule has 0 bridgehead atoms. The van der Waals surface area contributed by atoms with Crippen molar-refractivity contribution in [2.75, 3.05) is 0 Å². The molecule has 100 valence electrons. The van der Waals surface area contributed by atoms with Gasteiger partial charge in [0.05, 0.1) is 11.6 Å². The minimum absolute atomic E-state index is 0.0622. The smallest absolute Gasteiger partial charge is 0.240 e. The van der Waals surface area contributed by atoms with Gasteiger partial charge >= 0.3 is 0 Å². The quantitative estimate of drug-likeness (QED) is 0.877. The van der Waals surface area contributed by atoms with Crippen LogP contribution in [-0.2, 0) is 4.79 Å². The van der Waals surface area contributed by atoms with Gasteiger partial charge in [-0.2, -0.15) is 0 Å². The Kier molecular flexibility index (Phi) is 5.35. The van der Waals surface area contributed by atoms with Crippen molar-refractivity contribution in [3.8, 4) is 0 Å². The number of carbonyl (C=O) groups is 1. The molecule has 4 heteroatoms. The molecule has 1 amide bonds. The van der Waals surface area contributed by atoms with Crippen molar-refractivity contribution in [2.24, 2.45) is 5.73 Å². The summed E-state index contributed by atoms with van der Waals surface area (Å²) in [6.45, 7) is 5.76. The third-order valence-corrected chi connectivity index (χ3v) is 3.73. The number of hydrogen-bond acceptors (Lipinski definition) is 2. The summed E-state index contributed by atoms with van der Waals surface area (Å²) in [5, 5.41) is 2.97. The van der Waals surface area contributed by atoms with E-state index in [-0.39, 0.29) is 11.9 Å². The third kappa shape index (κ3) is 3.82. The second kappa shape index (κ2) is 6.34. The number of nitrogens with two attached hydrogens (primary N) is 1. The average molecular weight is 313 g/mol. The van der Waals surface area contributed by atoms with Crippen molar-refractivity contribution in [1.29, 1.82) is 0 Å². The van der Waals surface area contributed by atoms with Crippen LogP contribution in [0.1, 0.15) is 45.2 Å². The molecule has 3 nitrogen and oxygen atoms in total. The number of halogens is 1. The summed E-state index contributed by atoms with van der Waals surface area (Å²) in [4.78, 5) is 12.1. The van der Waals surface area contributed by atoms with E-state index in [1.54, 1.807) is 6.92 Å². The highest BCUT2D eigenvalue weighted by Crippen LogP contribution is 2.23. The molecule has 1 aromatic rings. The number of rotatable bonds is 5. The lowest BCUT2D eigenvalue weighted by Gasteiger charge is -2.26. The van der Waals surface area contributed by atoms with E-state index in [0.717, 1.165) is 16.5 Å². The van der Waals surface area contributed by atoms with Gasteiger partial charge in [0.1, 0.15) is 0 Å². The van der Waals surface area contributed by atoms with Crippen LogP contribution in [0.25, 0.3) is 0 Å². The van der Waals surface area contributed by atoms with E-state index >= 15 is 0 Å². The van der Waals surface area contributed by atoms with Crippen LogP contribution in [0.4, 0.5) is 0 Å². The van der Waals surface area contributed by atoms with Crippen molar-refractivity contribution in [3.05, 3.63) is 34.3 Å². The van der Waals surface area contributed by atoms with Gasteiger partial charge in [0.15, 0.2) is 0 Å². The summed E-state index contributed by atoms with van der Waals surface area (Å²) in [5.41, 5.74) is 6.26. The predicted octanol–water partition coefficient (Wildman–Crippen LogP) is 3.14. The Morgan fingerprint density at radius 1 is 1.50 bits per heavy atom. The maximum absolute atomic E-state index is 12.1. The van der Waals surface area contributed by atoms with Gasteiger partial charge in [0.2, 0.25) is 5.91 Å². The second-order valence-electron chi connectivity index (χ2n) is 4.88. The summed E-state index contributed by atoms with van der Waals surface area (Å²) in [6, 6.07) is 7.80. The fourth-order valence-corrected chi connectivity index (χ4v) is 2.53. The molecule has 0 radical (unpaired) electrons. The minimum atomic E-state index is -0.801. The summed E-state index contributed by atoms with van der Waals surface area (Å²) in [7, 11) is 0. The van der Waals surface area contributed by atoms with Gasteiger partial charge in [0.25, 0.3) is 0 Å². The van der Waals surface area contributed by atoms with E-state index in [4.69, 9.17) is 5.73 Å². The molecule has 1 unspecified atom stereocenters. The van der Waals surface area contributed by atoms with Gasteiger partial charge in [-0.3, -0.25) is 4.79 Å². The summed E-state index contributed by atoms with van der Waals surface area (Å²) >= 11 is 3.49. The van der Waals surface area contributed by atoms with Gasteiger partial charge in [0, 0.05) is 4.47 Å². The molecule has 0 aliphatic rings. The molecule has 0 aliphatic heterocycles. The fraction of sp³-hybridized carbons (Fsp3) is 0.500. The number of amides is 1. The summed E-state index contributed by atoms with van der Waals surface area (Å²) < 4.78 is 0.993. The summed E-state index contributed by atoms with van der Waals surface area (Å²) in [5.74, 6) is -0.104. The Morgan fingerprint density at radius 3 is 2.67 bits per heavy atom. The molecule has 0 heterocycles. The van der Waals surface area contributed by atoms with Crippen LogP contribution in [-0.4, -0.2) is 11.4 Å². The number of benzene rings is 1. The van der Waals surface area contributed by atoms with Crippen molar-refractivity contribution in [1.82, 2.24) is 5.32 Å². The highest BCUT2D eigenvalue weighted by molar-refractivity contribution is 9.10. The average Bonchev–Trinajstić information content (AvgIpc) is 2.29. The molecule has 0 saturated heterocycles. The zero-order valence-electron chi connectivity index (χ0n) is 11.2. The molecule has 1 rings (SSSR count). The zero-order valence-corrected chi connectivity index (χ0v) is 12.8. The van der Waals surface area contributed by atoms with E-state index < -0.39 is 5.54 Å². The standard InChI is InChI=1S/C14H21BrN2O/c1-4-9-14(3,16)13(18)17-10(2)11-7-5-6-8-12(11)15/h5-8,10H,4,9,16H2,1-3H3,(H,17,18)/t10-,14?/m0/s1.